The molecule has 0 heterocycles. The highest BCUT2D eigenvalue weighted by atomic mass is 28.3. The van der Waals surface area contributed by atoms with Gasteiger partial charge in [0.25, 0.3) is 0 Å². The number of rotatable bonds is 2. The first-order valence-corrected chi connectivity index (χ1v) is 12.5. The number of hydrogen-bond acceptors (Lipinski definition) is 0. The molecule has 0 nitrogen and oxygen atoms in total. The van der Waals surface area contributed by atoms with Crippen molar-refractivity contribution in [1.29, 1.82) is 0 Å². The Bertz CT molecular complexity index is 929. The fourth-order valence-electron chi connectivity index (χ4n) is 5.12. The number of hydrogen-bond donors (Lipinski definition) is 0. The van der Waals surface area contributed by atoms with Gasteiger partial charge >= 0.3 is 0 Å². The molecule has 2 aliphatic carbocycles. The molecule has 2 aromatic rings. The van der Waals surface area contributed by atoms with Crippen LogP contribution < -0.4 is 5.19 Å². The predicted octanol–water partition coefficient (Wildman–Crippen LogP) is 5.90. The first-order chi connectivity index (χ1) is 11.8. The SMILES string of the molecule is Cc1cccc2c1-c1c(C)c(C)c(C)c([Si](C)(C)C3C=CC=C3)c1C2. The van der Waals surface area contributed by atoms with E-state index in [-0.39, 0.29) is 0 Å². The molecule has 1 heteroatoms. The second-order valence-corrected chi connectivity index (χ2v) is 13.0. The quantitative estimate of drug-likeness (QED) is 0.507. The Balaban J connectivity index is 2.05. The molecule has 0 unspecified atom stereocenters. The molecule has 2 aromatic carbocycles. The average molecular weight is 345 g/mol. The Morgan fingerprint density at radius 1 is 0.840 bits per heavy atom. The van der Waals surface area contributed by atoms with E-state index in [4.69, 9.17) is 0 Å². The smallest absolute Gasteiger partial charge is 0.0800 e. The molecule has 0 atom stereocenters. The molecule has 0 amide bonds. The zero-order valence-electron chi connectivity index (χ0n) is 16.3. The fourth-order valence-corrected chi connectivity index (χ4v) is 8.79. The highest BCUT2D eigenvalue weighted by Crippen LogP contribution is 2.44. The molecule has 0 N–H and O–H groups in total. The van der Waals surface area contributed by atoms with Crippen LogP contribution in [0.2, 0.25) is 18.6 Å². The van der Waals surface area contributed by atoms with Crippen LogP contribution in [0, 0.1) is 27.7 Å². The van der Waals surface area contributed by atoms with Crippen molar-refractivity contribution in [2.24, 2.45) is 0 Å². The van der Waals surface area contributed by atoms with Gasteiger partial charge in [0.2, 0.25) is 0 Å². The molecule has 0 bridgehead atoms. The van der Waals surface area contributed by atoms with Gasteiger partial charge in [0.15, 0.2) is 0 Å². The molecule has 0 saturated heterocycles. The summed E-state index contributed by atoms with van der Waals surface area (Å²) < 4.78 is 0. The molecule has 0 saturated carbocycles. The summed E-state index contributed by atoms with van der Waals surface area (Å²) in [5, 5.41) is 1.71. The second kappa shape index (κ2) is 5.57. The fraction of sp³-hybridized carbons (Fsp3) is 0.333. The van der Waals surface area contributed by atoms with Crippen LogP contribution >= 0.6 is 0 Å². The van der Waals surface area contributed by atoms with Crippen LogP contribution in [0.5, 0.6) is 0 Å². The van der Waals surface area contributed by atoms with Crippen molar-refractivity contribution in [3.8, 4) is 11.1 Å². The summed E-state index contributed by atoms with van der Waals surface area (Å²) in [6.07, 6.45) is 10.4. The third-order valence-corrected chi connectivity index (χ3v) is 10.7. The summed E-state index contributed by atoms with van der Waals surface area (Å²) in [7, 11) is -1.63. The van der Waals surface area contributed by atoms with Gasteiger partial charge in [-0.1, -0.05) is 60.8 Å². The molecule has 128 valence electrons. The zero-order chi connectivity index (χ0) is 17.9. The zero-order valence-corrected chi connectivity index (χ0v) is 17.3. The minimum absolute atomic E-state index is 0.613. The Hall–Kier alpha value is -1.86. The molecule has 0 aliphatic heterocycles. The minimum atomic E-state index is -1.63. The maximum Gasteiger partial charge on any atom is 0.0919 e. The number of aryl methyl sites for hydroxylation is 1. The molecule has 2 aliphatic rings. The lowest BCUT2D eigenvalue weighted by atomic mass is 9.91. The predicted molar refractivity (Wildman–Crippen MR) is 113 cm³/mol. The molecular weight excluding hydrogens is 316 g/mol. The highest BCUT2D eigenvalue weighted by molar-refractivity contribution is 6.92. The van der Waals surface area contributed by atoms with Crippen LogP contribution in [0.25, 0.3) is 11.1 Å². The summed E-state index contributed by atoms with van der Waals surface area (Å²) >= 11 is 0. The van der Waals surface area contributed by atoms with Crippen molar-refractivity contribution in [1.82, 2.24) is 0 Å². The monoisotopic (exact) mass is 344 g/mol. The van der Waals surface area contributed by atoms with Crippen LogP contribution in [0.3, 0.4) is 0 Å². The van der Waals surface area contributed by atoms with Gasteiger partial charge in [-0.3, -0.25) is 0 Å². The lowest BCUT2D eigenvalue weighted by Gasteiger charge is -2.33. The maximum absolute atomic E-state index is 2.56. The topological polar surface area (TPSA) is 0 Å². The molecule has 0 fully saturated rings. The molecular formula is C24H28Si. The van der Waals surface area contributed by atoms with Crippen LogP contribution in [-0.2, 0) is 6.42 Å². The minimum Gasteiger partial charge on any atom is -0.0800 e. The van der Waals surface area contributed by atoms with Gasteiger partial charge in [-0.05, 0) is 84.2 Å². The number of allylic oxidation sites excluding steroid dienone is 4. The van der Waals surface area contributed by atoms with E-state index >= 15 is 0 Å². The van der Waals surface area contributed by atoms with Crippen LogP contribution in [0.15, 0.2) is 42.5 Å². The summed E-state index contributed by atoms with van der Waals surface area (Å²) in [5.74, 6) is 0. The summed E-state index contributed by atoms with van der Waals surface area (Å²) in [6, 6.07) is 6.83. The maximum atomic E-state index is 2.56. The van der Waals surface area contributed by atoms with E-state index in [1.54, 1.807) is 21.9 Å². The summed E-state index contributed by atoms with van der Waals surface area (Å²) in [6.45, 7) is 14.4. The van der Waals surface area contributed by atoms with E-state index in [9.17, 15) is 0 Å². The normalized spacial score (nSPS) is 15.8. The number of fused-ring (bicyclic) bond motifs is 3. The van der Waals surface area contributed by atoms with Gasteiger partial charge in [-0.2, -0.15) is 0 Å². The van der Waals surface area contributed by atoms with Crippen molar-refractivity contribution in [3.05, 3.63) is 75.9 Å². The Kier molecular flexibility index (Phi) is 3.70. The Morgan fingerprint density at radius 2 is 1.52 bits per heavy atom. The molecule has 0 radical (unpaired) electrons. The van der Waals surface area contributed by atoms with Crippen LogP contribution in [-0.4, -0.2) is 8.07 Å². The molecule has 0 aromatic heterocycles. The first kappa shape index (κ1) is 16.6. The van der Waals surface area contributed by atoms with E-state index in [1.165, 1.54) is 27.8 Å². The average Bonchev–Trinajstić information content (AvgIpc) is 3.21. The summed E-state index contributed by atoms with van der Waals surface area (Å²) in [5.41, 5.74) is 12.8. The second-order valence-electron chi connectivity index (χ2n) is 8.41. The molecule has 4 rings (SSSR count). The van der Waals surface area contributed by atoms with E-state index < -0.39 is 8.07 Å². The van der Waals surface area contributed by atoms with Gasteiger partial charge in [-0.25, -0.2) is 0 Å². The van der Waals surface area contributed by atoms with Gasteiger partial charge < -0.3 is 0 Å². The molecule has 25 heavy (non-hydrogen) atoms. The van der Waals surface area contributed by atoms with Crippen molar-refractivity contribution in [2.75, 3.05) is 0 Å². The lowest BCUT2D eigenvalue weighted by molar-refractivity contribution is 1.20. The van der Waals surface area contributed by atoms with E-state index in [0.717, 1.165) is 6.42 Å². The van der Waals surface area contributed by atoms with E-state index in [0.29, 0.717) is 5.54 Å². The third-order valence-electron chi connectivity index (χ3n) is 6.68. The van der Waals surface area contributed by atoms with E-state index in [2.05, 4.69) is 83.3 Å². The van der Waals surface area contributed by atoms with Crippen molar-refractivity contribution < 1.29 is 0 Å². The Morgan fingerprint density at radius 3 is 2.20 bits per heavy atom. The van der Waals surface area contributed by atoms with Gasteiger partial charge in [-0.15, -0.1) is 0 Å². The van der Waals surface area contributed by atoms with Crippen LogP contribution in [0.1, 0.15) is 33.4 Å². The molecule has 0 spiro atoms. The van der Waals surface area contributed by atoms with Crippen molar-refractivity contribution >= 4 is 13.3 Å². The lowest BCUT2D eigenvalue weighted by Crippen LogP contribution is -2.48. The van der Waals surface area contributed by atoms with Crippen LogP contribution in [0.4, 0.5) is 0 Å². The van der Waals surface area contributed by atoms with Crippen molar-refractivity contribution in [3.63, 3.8) is 0 Å². The Labute approximate surface area is 153 Å². The first-order valence-electron chi connectivity index (χ1n) is 9.41. The van der Waals surface area contributed by atoms with Gasteiger partial charge in [0.1, 0.15) is 0 Å². The number of benzene rings is 2. The van der Waals surface area contributed by atoms with Gasteiger partial charge in [0.05, 0.1) is 8.07 Å². The third kappa shape index (κ3) is 2.25. The standard InChI is InChI=1S/C24H28Si/c1-15-10-9-11-19-14-21-23(22(15)19)17(3)16(2)18(4)24(21)25(5,6)20-12-7-8-13-20/h7-13,20H,14H2,1-6H3. The summed E-state index contributed by atoms with van der Waals surface area (Å²) in [4.78, 5) is 0. The van der Waals surface area contributed by atoms with E-state index in [1.807, 2.05) is 0 Å². The highest BCUT2D eigenvalue weighted by Gasteiger charge is 2.38. The largest absolute Gasteiger partial charge is 0.0919 e. The van der Waals surface area contributed by atoms with Crippen molar-refractivity contribution in [2.45, 2.75) is 52.8 Å². The van der Waals surface area contributed by atoms with Gasteiger partial charge in [0, 0.05) is 0 Å².